The summed E-state index contributed by atoms with van der Waals surface area (Å²) in [4.78, 5) is 21.7. The van der Waals surface area contributed by atoms with E-state index in [1.807, 2.05) is 13.8 Å². The Hall–Kier alpha value is -2.98. The number of nitrogens with one attached hydrogen (secondary N) is 1. The number of rotatable bonds is 9. The van der Waals surface area contributed by atoms with E-state index < -0.39 is 13.9 Å². The molecule has 8 nitrogen and oxygen atoms in total. The third-order valence-corrected chi connectivity index (χ3v) is 6.33. The molecular weight excluding hydrogens is 429 g/mol. The molecule has 0 saturated carbocycles. The summed E-state index contributed by atoms with van der Waals surface area (Å²) >= 11 is 0. The molecule has 3 N–H and O–H groups in total. The van der Waals surface area contributed by atoms with Crippen molar-refractivity contribution in [2.24, 2.45) is 0 Å². The van der Waals surface area contributed by atoms with Crippen LogP contribution in [-0.2, 0) is 11.5 Å². The van der Waals surface area contributed by atoms with Crippen molar-refractivity contribution in [3.63, 3.8) is 0 Å². The number of halogens is 1. The second-order valence-corrected chi connectivity index (χ2v) is 14.8. The molecule has 0 saturated heterocycles. The van der Waals surface area contributed by atoms with Gasteiger partial charge in [0.05, 0.1) is 17.4 Å². The number of carbonyl (C=O) groups is 1. The summed E-state index contributed by atoms with van der Waals surface area (Å²) < 4.78 is 26.7. The lowest BCUT2D eigenvalue weighted by Crippen LogP contribution is -2.30. The number of anilines is 1. The Morgan fingerprint density at radius 3 is 2.72 bits per heavy atom. The summed E-state index contributed by atoms with van der Waals surface area (Å²) in [5.41, 5.74) is 6.85. The van der Waals surface area contributed by atoms with Gasteiger partial charge in [0.15, 0.2) is 5.65 Å². The number of fused-ring (bicyclic) bond motifs is 1. The van der Waals surface area contributed by atoms with E-state index in [0.717, 1.165) is 6.04 Å². The maximum absolute atomic E-state index is 13.4. The van der Waals surface area contributed by atoms with Crippen molar-refractivity contribution in [1.29, 1.82) is 0 Å². The number of hydrogen-bond donors (Lipinski definition) is 2. The molecule has 2 heterocycles. The molecule has 0 bridgehead atoms. The summed E-state index contributed by atoms with van der Waals surface area (Å²) in [6, 6.07) is 5.03. The van der Waals surface area contributed by atoms with Gasteiger partial charge in [0, 0.05) is 33.0 Å². The molecule has 0 fully saturated rings. The quantitative estimate of drug-likeness (QED) is 0.279. The van der Waals surface area contributed by atoms with Crippen LogP contribution in [0.15, 0.2) is 30.6 Å². The molecule has 0 aliphatic carbocycles. The van der Waals surface area contributed by atoms with E-state index >= 15 is 0 Å². The van der Waals surface area contributed by atoms with Gasteiger partial charge in [-0.25, -0.2) is 14.4 Å². The van der Waals surface area contributed by atoms with E-state index in [9.17, 15) is 9.18 Å². The largest absolute Gasteiger partial charge is 0.437 e. The van der Waals surface area contributed by atoms with Crippen LogP contribution in [0.25, 0.3) is 11.2 Å². The molecule has 0 atom stereocenters. The van der Waals surface area contributed by atoms with Crippen LogP contribution < -0.4 is 15.8 Å². The lowest BCUT2D eigenvalue weighted by atomic mass is 10.2. The van der Waals surface area contributed by atoms with Gasteiger partial charge in [0.2, 0.25) is 5.88 Å². The van der Waals surface area contributed by atoms with E-state index in [4.69, 9.17) is 15.2 Å². The number of nitrogens with two attached hydrogens (primary N) is 1. The topological polar surface area (TPSA) is 104 Å². The maximum atomic E-state index is 13.4. The first kappa shape index (κ1) is 23.7. The van der Waals surface area contributed by atoms with Gasteiger partial charge in [0.1, 0.15) is 23.8 Å². The van der Waals surface area contributed by atoms with Crippen molar-refractivity contribution in [2.75, 3.05) is 12.3 Å². The minimum Gasteiger partial charge on any atom is -0.437 e. The highest BCUT2D eigenvalue weighted by Crippen LogP contribution is 2.26. The van der Waals surface area contributed by atoms with Gasteiger partial charge in [0.25, 0.3) is 5.91 Å². The fourth-order valence-electron chi connectivity index (χ4n) is 2.94. The molecule has 172 valence electrons. The number of carbonyl (C=O) groups excluding carboxylic acids is 1. The second-order valence-electron chi connectivity index (χ2n) is 9.15. The molecule has 0 unspecified atom stereocenters. The van der Waals surface area contributed by atoms with Crippen LogP contribution in [0.3, 0.4) is 0 Å². The van der Waals surface area contributed by atoms with Crippen molar-refractivity contribution in [2.45, 2.75) is 52.3 Å². The van der Waals surface area contributed by atoms with Crippen LogP contribution in [0.1, 0.15) is 24.2 Å². The predicted molar refractivity (Wildman–Crippen MR) is 125 cm³/mol. The minimum atomic E-state index is -1.21. The zero-order valence-corrected chi connectivity index (χ0v) is 20.1. The standard InChI is InChI=1S/C22H30FN5O3Si/c1-14(2)26-22(29)16-12-28(13-30-8-9-32(3,4)5)21-20(16)27-19(11-25-21)31-15-6-7-17(23)18(24)10-15/h6-7,10-12,14H,8-9,13,24H2,1-5H3,(H,26,29). The second kappa shape index (κ2) is 9.66. The van der Waals surface area contributed by atoms with Crippen molar-refractivity contribution in [3.8, 4) is 11.6 Å². The molecule has 3 rings (SSSR count). The van der Waals surface area contributed by atoms with E-state index in [1.54, 1.807) is 10.8 Å². The fraction of sp³-hybridized carbons (Fsp3) is 0.409. The maximum Gasteiger partial charge on any atom is 0.255 e. The molecular formula is C22H30FN5O3Si. The normalized spacial score (nSPS) is 11.8. The van der Waals surface area contributed by atoms with Crippen molar-refractivity contribution in [3.05, 3.63) is 42.0 Å². The first-order chi connectivity index (χ1) is 15.0. The fourth-order valence-corrected chi connectivity index (χ4v) is 3.69. The third-order valence-electron chi connectivity index (χ3n) is 4.62. The molecule has 0 aliphatic rings. The molecule has 1 amide bonds. The highest BCUT2D eigenvalue weighted by atomic mass is 28.3. The average Bonchev–Trinajstić information content (AvgIpc) is 3.05. The Labute approximate surface area is 188 Å². The molecule has 0 spiro atoms. The van der Waals surface area contributed by atoms with Crippen molar-refractivity contribution < 1.29 is 18.7 Å². The highest BCUT2D eigenvalue weighted by molar-refractivity contribution is 6.76. The number of hydrogen-bond acceptors (Lipinski definition) is 6. The summed E-state index contributed by atoms with van der Waals surface area (Å²) in [6.07, 6.45) is 3.14. The Kier molecular flexibility index (Phi) is 7.14. The summed E-state index contributed by atoms with van der Waals surface area (Å²) in [6.45, 7) is 11.5. The summed E-state index contributed by atoms with van der Waals surface area (Å²) in [7, 11) is -1.21. The van der Waals surface area contributed by atoms with Crippen molar-refractivity contribution in [1.82, 2.24) is 19.9 Å². The van der Waals surface area contributed by atoms with Gasteiger partial charge >= 0.3 is 0 Å². The van der Waals surface area contributed by atoms with E-state index in [-0.39, 0.29) is 30.2 Å². The first-order valence-electron chi connectivity index (χ1n) is 10.5. The van der Waals surface area contributed by atoms with E-state index in [0.29, 0.717) is 29.1 Å². The van der Waals surface area contributed by atoms with Gasteiger partial charge in [-0.2, -0.15) is 0 Å². The van der Waals surface area contributed by atoms with Gasteiger partial charge in [-0.1, -0.05) is 19.6 Å². The molecule has 2 aromatic heterocycles. The molecule has 10 heteroatoms. The number of amides is 1. The first-order valence-corrected chi connectivity index (χ1v) is 14.2. The van der Waals surface area contributed by atoms with Crippen LogP contribution in [-0.4, -0.2) is 41.2 Å². The van der Waals surface area contributed by atoms with E-state index in [1.165, 1.54) is 24.4 Å². The van der Waals surface area contributed by atoms with E-state index in [2.05, 4.69) is 34.9 Å². The number of nitrogen functional groups attached to an aromatic ring is 1. The predicted octanol–water partition coefficient (Wildman–Crippen LogP) is 4.40. The molecule has 0 aliphatic heterocycles. The molecule has 32 heavy (non-hydrogen) atoms. The SMILES string of the molecule is CC(C)NC(=O)c1cn(COCC[Si](C)(C)C)c2ncc(Oc3ccc(F)c(N)c3)nc12. The van der Waals surface area contributed by atoms with Gasteiger partial charge in [-0.05, 0) is 32.0 Å². The Bertz CT molecular complexity index is 1110. The monoisotopic (exact) mass is 459 g/mol. The Morgan fingerprint density at radius 1 is 1.31 bits per heavy atom. The van der Waals surface area contributed by atoms with Gasteiger partial charge in [-0.3, -0.25) is 4.79 Å². The zero-order chi connectivity index (χ0) is 23.5. The molecule has 0 radical (unpaired) electrons. The Balaban J connectivity index is 1.89. The lowest BCUT2D eigenvalue weighted by molar-refractivity contribution is 0.0890. The molecule has 3 aromatic rings. The van der Waals surface area contributed by atoms with Gasteiger partial charge in [-0.15, -0.1) is 0 Å². The van der Waals surface area contributed by atoms with Crippen molar-refractivity contribution >= 4 is 30.8 Å². The average molecular weight is 460 g/mol. The molecule has 1 aromatic carbocycles. The third kappa shape index (κ3) is 6.04. The number of benzene rings is 1. The lowest BCUT2D eigenvalue weighted by Gasteiger charge is -2.15. The summed E-state index contributed by atoms with van der Waals surface area (Å²) in [5, 5.41) is 2.88. The van der Waals surface area contributed by atoms with Crippen LogP contribution in [0.2, 0.25) is 25.7 Å². The number of nitrogens with zero attached hydrogens (tertiary/aromatic N) is 3. The Morgan fingerprint density at radius 2 is 2.06 bits per heavy atom. The smallest absolute Gasteiger partial charge is 0.255 e. The highest BCUT2D eigenvalue weighted by Gasteiger charge is 2.20. The van der Waals surface area contributed by atoms with Gasteiger partial charge < -0.3 is 25.1 Å². The number of aromatic nitrogens is 3. The minimum absolute atomic E-state index is 0.0323. The zero-order valence-electron chi connectivity index (χ0n) is 19.1. The van der Waals surface area contributed by atoms with Crippen LogP contribution in [0.5, 0.6) is 11.6 Å². The van der Waals surface area contributed by atoms with Crippen LogP contribution in [0.4, 0.5) is 10.1 Å². The van der Waals surface area contributed by atoms with Crippen LogP contribution in [0, 0.1) is 5.82 Å². The number of ether oxygens (including phenoxy) is 2. The van der Waals surface area contributed by atoms with Crippen LogP contribution >= 0.6 is 0 Å². The summed E-state index contributed by atoms with van der Waals surface area (Å²) in [5.74, 6) is -0.305.